The molecule has 4 rings (SSSR count). The smallest absolute Gasteiger partial charge is 0.363 e. The van der Waals surface area contributed by atoms with E-state index in [1.54, 1.807) is 25.3 Å². The number of carbonyl (C=O) groups is 1. The molecule has 3 aromatic rings. The predicted molar refractivity (Wildman–Crippen MR) is 149 cm³/mol. The number of hydrogen-bond donors (Lipinski definition) is 0. The van der Waals surface area contributed by atoms with Crippen LogP contribution >= 0.6 is 72.7 Å². The van der Waals surface area contributed by atoms with Gasteiger partial charge in [0.2, 0.25) is 5.90 Å². The van der Waals surface area contributed by atoms with Crippen molar-refractivity contribution in [2.75, 3.05) is 7.11 Å². The van der Waals surface area contributed by atoms with Crippen molar-refractivity contribution < 1.29 is 19.0 Å². The Labute approximate surface area is 231 Å². The van der Waals surface area contributed by atoms with Gasteiger partial charge >= 0.3 is 5.97 Å². The van der Waals surface area contributed by atoms with Gasteiger partial charge in [-0.3, -0.25) is 0 Å². The Kier molecular flexibility index (Phi) is 7.98. The van der Waals surface area contributed by atoms with Crippen LogP contribution in [0.3, 0.4) is 0 Å². The van der Waals surface area contributed by atoms with Crippen molar-refractivity contribution in [2.45, 2.75) is 6.61 Å². The van der Waals surface area contributed by atoms with Crippen LogP contribution in [0.15, 0.2) is 69.8 Å². The van der Waals surface area contributed by atoms with Gasteiger partial charge < -0.3 is 14.2 Å². The van der Waals surface area contributed by atoms with Crippen LogP contribution in [0.2, 0.25) is 5.02 Å². The number of esters is 1. The molecule has 0 spiro atoms. The second-order valence-electron chi connectivity index (χ2n) is 6.91. The summed E-state index contributed by atoms with van der Waals surface area (Å²) < 4.78 is 19.7. The molecule has 0 aliphatic carbocycles. The fraction of sp³-hybridized carbons (Fsp3) is 0.0833. The zero-order valence-corrected chi connectivity index (χ0v) is 23.7. The maximum absolute atomic E-state index is 12.4. The Morgan fingerprint density at radius 2 is 1.82 bits per heavy atom. The summed E-state index contributed by atoms with van der Waals surface area (Å²) >= 11 is 14.2. The second-order valence-corrected chi connectivity index (χ2v) is 10.7. The Bertz CT molecular complexity index is 1290. The van der Waals surface area contributed by atoms with Gasteiger partial charge in [-0.15, -0.1) is 0 Å². The summed E-state index contributed by atoms with van der Waals surface area (Å²) in [5, 5.41) is 0.460. The molecule has 0 amide bonds. The molecule has 0 fully saturated rings. The molecular weight excluding hydrogens is 735 g/mol. The van der Waals surface area contributed by atoms with E-state index in [1.807, 2.05) is 42.5 Å². The van der Waals surface area contributed by atoms with Gasteiger partial charge in [0.1, 0.15) is 6.61 Å². The summed E-state index contributed by atoms with van der Waals surface area (Å²) in [4.78, 5) is 16.8. The molecule has 0 saturated carbocycles. The first-order valence-electron chi connectivity index (χ1n) is 9.57. The number of ether oxygens (including phenoxy) is 3. The molecule has 3 aromatic carbocycles. The average molecular weight is 751 g/mol. The first kappa shape index (κ1) is 24.5. The van der Waals surface area contributed by atoms with Gasteiger partial charge in [-0.2, -0.15) is 0 Å². The third-order valence-corrected chi connectivity index (χ3v) is 6.94. The molecule has 5 nitrogen and oxygen atoms in total. The molecule has 0 bridgehead atoms. The molecule has 1 heterocycles. The zero-order chi connectivity index (χ0) is 23.5. The SMILES string of the molecule is COc1cc(/C=C2\N=C(c3cc(I)ccc3Cl)OC2=O)cc(Br)c1OCc1ccc(I)cc1. The summed E-state index contributed by atoms with van der Waals surface area (Å²) in [6.45, 7) is 0.392. The van der Waals surface area contributed by atoms with Crippen molar-refractivity contribution in [2.24, 2.45) is 4.99 Å². The quantitative estimate of drug-likeness (QED) is 0.152. The highest BCUT2D eigenvalue weighted by Crippen LogP contribution is 2.38. The summed E-state index contributed by atoms with van der Waals surface area (Å²) in [7, 11) is 1.57. The van der Waals surface area contributed by atoms with E-state index in [-0.39, 0.29) is 11.6 Å². The lowest BCUT2D eigenvalue weighted by molar-refractivity contribution is -0.129. The number of nitrogens with zero attached hydrogens (tertiary/aromatic N) is 1. The van der Waals surface area contributed by atoms with E-state index in [1.165, 1.54) is 0 Å². The van der Waals surface area contributed by atoms with E-state index >= 15 is 0 Å². The molecule has 0 unspecified atom stereocenters. The number of cyclic esters (lactones) is 1. The topological polar surface area (TPSA) is 57.1 Å². The highest BCUT2D eigenvalue weighted by atomic mass is 127. The van der Waals surface area contributed by atoms with Crippen LogP contribution in [0.1, 0.15) is 16.7 Å². The van der Waals surface area contributed by atoms with Gasteiger partial charge in [-0.05, 0) is 121 Å². The molecule has 33 heavy (non-hydrogen) atoms. The van der Waals surface area contributed by atoms with Crippen LogP contribution in [0, 0.1) is 7.14 Å². The van der Waals surface area contributed by atoms with Crippen LogP contribution in [0.5, 0.6) is 11.5 Å². The summed E-state index contributed by atoms with van der Waals surface area (Å²) in [6, 6.07) is 17.1. The third-order valence-electron chi connectivity index (χ3n) is 4.63. The summed E-state index contributed by atoms with van der Waals surface area (Å²) in [5.41, 5.74) is 2.48. The lowest BCUT2D eigenvalue weighted by Crippen LogP contribution is -2.06. The Morgan fingerprint density at radius 3 is 2.55 bits per heavy atom. The minimum Gasteiger partial charge on any atom is -0.493 e. The number of aliphatic imine (C=N–C) groups is 1. The van der Waals surface area contributed by atoms with Crippen LogP contribution in [0.25, 0.3) is 6.08 Å². The molecule has 0 radical (unpaired) electrons. The predicted octanol–water partition coefficient (Wildman–Crippen LogP) is 7.24. The van der Waals surface area contributed by atoms with E-state index < -0.39 is 5.97 Å². The minimum absolute atomic E-state index is 0.168. The normalized spacial score (nSPS) is 14.3. The summed E-state index contributed by atoms with van der Waals surface area (Å²) in [5.74, 6) is 0.729. The van der Waals surface area contributed by atoms with Gasteiger partial charge in [0.05, 0.1) is 22.2 Å². The van der Waals surface area contributed by atoms with Crippen molar-refractivity contribution in [1.82, 2.24) is 0 Å². The van der Waals surface area contributed by atoms with Crippen LogP contribution in [-0.2, 0) is 16.1 Å². The fourth-order valence-electron chi connectivity index (χ4n) is 3.04. The third kappa shape index (κ3) is 5.90. The van der Waals surface area contributed by atoms with Crippen molar-refractivity contribution in [1.29, 1.82) is 0 Å². The van der Waals surface area contributed by atoms with Gasteiger partial charge in [-0.25, -0.2) is 9.79 Å². The van der Waals surface area contributed by atoms with Gasteiger partial charge in [-0.1, -0.05) is 23.7 Å². The van der Waals surface area contributed by atoms with Crippen molar-refractivity contribution in [3.05, 3.63) is 93.6 Å². The average Bonchev–Trinajstić information content (AvgIpc) is 3.15. The number of methoxy groups -OCH3 is 1. The first-order chi connectivity index (χ1) is 15.8. The zero-order valence-electron chi connectivity index (χ0n) is 17.1. The maximum atomic E-state index is 12.4. The van der Waals surface area contributed by atoms with Gasteiger partial charge in [0.15, 0.2) is 17.2 Å². The monoisotopic (exact) mass is 749 g/mol. The maximum Gasteiger partial charge on any atom is 0.363 e. The number of hydrogen-bond acceptors (Lipinski definition) is 5. The largest absolute Gasteiger partial charge is 0.493 e. The van der Waals surface area contributed by atoms with Crippen molar-refractivity contribution in [3.8, 4) is 11.5 Å². The van der Waals surface area contributed by atoms with Crippen LogP contribution < -0.4 is 9.47 Å². The Balaban J connectivity index is 1.60. The molecule has 0 atom stereocenters. The highest BCUT2D eigenvalue weighted by Gasteiger charge is 2.26. The molecule has 0 saturated heterocycles. The molecule has 168 valence electrons. The highest BCUT2D eigenvalue weighted by molar-refractivity contribution is 14.1. The molecular formula is C24H15BrClI2NO4. The van der Waals surface area contributed by atoms with Crippen molar-refractivity contribution >= 4 is 90.7 Å². The number of carbonyl (C=O) groups excluding carboxylic acids is 1. The number of halogens is 4. The van der Waals surface area contributed by atoms with Crippen molar-refractivity contribution in [3.63, 3.8) is 0 Å². The first-order valence-corrected chi connectivity index (χ1v) is 12.9. The molecule has 0 N–H and O–H groups in total. The molecule has 1 aliphatic rings. The fourth-order valence-corrected chi connectivity index (χ4v) is 4.67. The van der Waals surface area contributed by atoms with Crippen LogP contribution in [0.4, 0.5) is 0 Å². The van der Waals surface area contributed by atoms with E-state index in [2.05, 4.69) is 66.1 Å². The molecule has 1 aliphatic heterocycles. The standard InChI is InChI=1S/C24H15BrClI2NO4/c1-31-21-10-14(8-18(25)22(21)32-12-13-2-4-15(27)5-3-13)9-20-24(30)33-23(29-20)17-11-16(28)6-7-19(17)26/h2-11H,12H2,1H3/b20-9-. The molecule has 0 aromatic heterocycles. The van der Waals surface area contributed by atoms with Crippen LogP contribution in [-0.4, -0.2) is 19.0 Å². The molecule has 9 heteroatoms. The summed E-state index contributed by atoms with van der Waals surface area (Å²) in [6.07, 6.45) is 1.63. The lowest BCUT2D eigenvalue weighted by atomic mass is 10.1. The van der Waals surface area contributed by atoms with Gasteiger partial charge in [0.25, 0.3) is 0 Å². The number of rotatable bonds is 6. The Morgan fingerprint density at radius 1 is 1.09 bits per heavy atom. The Hall–Kier alpha value is -1.63. The van der Waals surface area contributed by atoms with E-state index in [0.717, 1.165) is 12.7 Å². The lowest BCUT2D eigenvalue weighted by Gasteiger charge is -2.14. The van der Waals surface area contributed by atoms with E-state index in [9.17, 15) is 4.79 Å². The van der Waals surface area contributed by atoms with E-state index in [0.29, 0.717) is 38.7 Å². The van der Waals surface area contributed by atoms with Gasteiger partial charge in [0, 0.05) is 7.14 Å². The second kappa shape index (κ2) is 10.7. The number of benzene rings is 3. The van der Waals surface area contributed by atoms with E-state index in [4.69, 9.17) is 25.8 Å². The minimum atomic E-state index is -0.547.